The first kappa shape index (κ1) is 33.5. The first-order valence-corrected chi connectivity index (χ1v) is 13.9. The average molecular weight is 558 g/mol. The van der Waals surface area contributed by atoms with Crippen molar-refractivity contribution in [2.24, 2.45) is 0 Å². The second kappa shape index (κ2) is 25.3. The van der Waals surface area contributed by atoms with Crippen LogP contribution in [-0.4, -0.2) is 131 Å². The molecule has 0 unspecified atom stereocenters. The molecule has 224 valence electrons. The Balaban J connectivity index is 1.17. The van der Waals surface area contributed by atoms with Crippen molar-refractivity contribution in [2.45, 2.75) is 18.9 Å². The molecule has 0 saturated carbocycles. The summed E-state index contributed by atoms with van der Waals surface area (Å²) in [7, 11) is 0. The highest BCUT2D eigenvalue weighted by Gasteiger charge is 2.12. The molecule has 0 aliphatic carbocycles. The molecule has 1 aliphatic heterocycles. The fraction of sp³-hybridized carbons (Fsp3) is 0.750. The van der Waals surface area contributed by atoms with Crippen molar-refractivity contribution in [3.63, 3.8) is 0 Å². The highest BCUT2D eigenvalue weighted by atomic mass is 16.6. The lowest BCUT2D eigenvalue weighted by atomic mass is 10.1. The molecule has 0 radical (unpaired) electrons. The molecule has 1 heterocycles. The van der Waals surface area contributed by atoms with Gasteiger partial charge in [0.15, 0.2) is 0 Å². The minimum absolute atomic E-state index is 0.209. The van der Waals surface area contributed by atoms with Crippen LogP contribution in [-0.2, 0) is 42.6 Å². The molecular formula is C28H47NO10. The summed E-state index contributed by atoms with van der Waals surface area (Å²) in [6, 6.07) is 8.87. The van der Waals surface area contributed by atoms with E-state index in [2.05, 4.69) is 5.32 Å². The average Bonchev–Trinajstić information content (AvgIpc) is 2.98. The van der Waals surface area contributed by atoms with E-state index < -0.39 is 0 Å². The van der Waals surface area contributed by atoms with Crippen LogP contribution in [0.5, 0.6) is 0 Å². The molecule has 0 atom stereocenters. The Bertz CT molecular complexity index is 676. The van der Waals surface area contributed by atoms with E-state index in [9.17, 15) is 4.79 Å². The van der Waals surface area contributed by atoms with Gasteiger partial charge in [-0.15, -0.1) is 0 Å². The van der Waals surface area contributed by atoms with Gasteiger partial charge in [0.05, 0.1) is 111 Å². The largest absolute Gasteiger partial charge is 0.460 e. The molecule has 11 heteroatoms. The molecule has 1 aromatic carbocycles. The van der Waals surface area contributed by atoms with Crippen LogP contribution in [0.4, 0.5) is 0 Å². The van der Waals surface area contributed by atoms with Gasteiger partial charge < -0.3 is 47.9 Å². The molecular weight excluding hydrogens is 510 g/mol. The van der Waals surface area contributed by atoms with E-state index in [1.165, 1.54) is 0 Å². The number of carbonyl (C=O) groups excluding carboxylic acids is 1. The third kappa shape index (κ3) is 19.9. The maximum absolute atomic E-state index is 11.8. The standard InChI is InChI=1S/C28H47NO10/c30-28(26-4-2-1-3-5-26)39-25-23-37-21-19-35-17-15-33-13-11-31-10-12-32-14-16-34-18-20-36-22-24-38-27-6-8-29-9-7-27/h1-5,27,29H,6-25H2. The van der Waals surface area contributed by atoms with Crippen LogP contribution in [0.3, 0.4) is 0 Å². The first-order valence-electron chi connectivity index (χ1n) is 13.9. The molecule has 1 aromatic rings. The molecule has 1 saturated heterocycles. The summed E-state index contributed by atoms with van der Waals surface area (Å²) >= 11 is 0. The quantitative estimate of drug-likeness (QED) is 0.133. The SMILES string of the molecule is O=C(OCCOCCOCCOCCOCCOCCOCCOCCOC1CCNCC1)c1ccccc1. The Morgan fingerprint density at radius 1 is 0.564 bits per heavy atom. The number of hydrogen-bond acceptors (Lipinski definition) is 11. The zero-order valence-electron chi connectivity index (χ0n) is 23.2. The van der Waals surface area contributed by atoms with E-state index >= 15 is 0 Å². The number of rotatable bonds is 26. The molecule has 1 N–H and O–H groups in total. The van der Waals surface area contributed by atoms with Crippen LogP contribution in [0, 0.1) is 0 Å². The van der Waals surface area contributed by atoms with Crippen LogP contribution in [0.25, 0.3) is 0 Å². The van der Waals surface area contributed by atoms with Crippen molar-refractivity contribution in [2.75, 3.05) is 119 Å². The maximum atomic E-state index is 11.8. The summed E-state index contributed by atoms with van der Waals surface area (Å²) in [6.45, 7) is 9.90. The zero-order valence-corrected chi connectivity index (χ0v) is 23.2. The van der Waals surface area contributed by atoms with Crippen LogP contribution in [0.1, 0.15) is 23.2 Å². The molecule has 0 bridgehead atoms. The monoisotopic (exact) mass is 557 g/mol. The van der Waals surface area contributed by atoms with Gasteiger partial charge in [0.1, 0.15) is 6.61 Å². The van der Waals surface area contributed by atoms with E-state index in [-0.39, 0.29) is 12.6 Å². The predicted octanol–water partition coefficient (Wildman–Crippen LogP) is 1.73. The summed E-state index contributed by atoms with van der Waals surface area (Å²) < 4.78 is 49.1. The summed E-state index contributed by atoms with van der Waals surface area (Å²) in [5, 5.41) is 3.32. The van der Waals surface area contributed by atoms with E-state index in [1.807, 2.05) is 6.07 Å². The summed E-state index contributed by atoms with van der Waals surface area (Å²) in [5.74, 6) is -0.351. The van der Waals surface area contributed by atoms with Crippen molar-refractivity contribution >= 4 is 5.97 Å². The third-order valence-corrected chi connectivity index (χ3v) is 5.57. The minimum atomic E-state index is -0.351. The lowest BCUT2D eigenvalue weighted by Gasteiger charge is -2.22. The van der Waals surface area contributed by atoms with E-state index in [0.717, 1.165) is 25.9 Å². The Morgan fingerprint density at radius 3 is 1.38 bits per heavy atom. The normalized spacial score (nSPS) is 14.1. The minimum Gasteiger partial charge on any atom is -0.460 e. The van der Waals surface area contributed by atoms with E-state index in [4.69, 9.17) is 42.6 Å². The maximum Gasteiger partial charge on any atom is 0.338 e. The van der Waals surface area contributed by atoms with Gasteiger partial charge in [0, 0.05) is 0 Å². The summed E-state index contributed by atoms with van der Waals surface area (Å²) in [4.78, 5) is 11.8. The molecule has 39 heavy (non-hydrogen) atoms. The molecule has 0 spiro atoms. The van der Waals surface area contributed by atoms with Crippen molar-refractivity contribution in [3.05, 3.63) is 35.9 Å². The Labute approximate surface area is 232 Å². The number of ether oxygens (including phenoxy) is 9. The number of esters is 1. The predicted molar refractivity (Wildman–Crippen MR) is 144 cm³/mol. The number of piperidine rings is 1. The summed E-state index contributed by atoms with van der Waals surface area (Å²) in [5.41, 5.74) is 0.530. The van der Waals surface area contributed by atoms with Gasteiger partial charge in [-0.1, -0.05) is 18.2 Å². The van der Waals surface area contributed by atoms with Gasteiger partial charge >= 0.3 is 5.97 Å². The van der Waals surface area contributed by atoms with Crippen LogP contribution >= 0.6 is 0 Å². The topological polar surface area (TPSA) is 112 Å². The van der Waals surface area contributed by atoms with Gasteiger partial charge in [-0.3, -0.25) is 0 Å². The second-order valence-corrected chi connectivity index (χ2v) is 8.61. The van der Waals surface area contributed by atoms with E-state index in [0.29, 0.717) is 111 Å². The third-order valence-electron chi connectivity index (χ3n) is 5.57. The van der Waals surface area contributed by atoms with Crippen molar-refractivity contribution in [1.29, 1.82) is 0 Å². The smallest absolute Gasteiger partial charge is 0.338 e. The number of carbonyl (C=O) groups is 1. The lowest BCUT2D eigenvalue weighted by molar-refractivity contribution is -0.0316. The van der Waals surface area contributed by atoms with Crippen LogP contribution in [0.2, 0.25) is 0 Å². The molecule has 2 rings (SSSR count). The Kier molecular flexibility index (Phi) is 21.8. The van der Waals surface area contributed by atoms with Gasteiger partial charge in [-0.2, -0.15) is 0 Å². The zero-order chi connectivity index (χ0) is 27.5. The molecule has 1 fully saturated rings. The second-order valence-electron chi connectivity index (χ2n) is 8.61. The first-order chi connectivity index (χ1) is 19.4. The molecule has 1 aliphatic rings. The highest BCUT2D eigenvalue weighted by Crippen LogP contribution is 2.06. The van der Waals surface area contributed by atoms with E-state index in [1.54, 1.807) is 24.3 Å². The van der Waals surface area contributed by atoms with Crippen molar-refractivity contribution in [1.82, 2.24) is 5.32 Å². The number of hydrogen-bond donors (Lipinski definition) is 1. The number of nitrogens with one attached hydrogen (secondary N) is 1. The summed E-state index contributed by atoms with van der Waals surface area (Å²) in [6.07, 6.45) is 2.53. The van der Waals surface area contributed by atoms with Gasteiger partial charge in [-0.05, 0) is 38.1 Å². The van der Waals surface area contributed by atoms with Crippen molar-refractivity contribution < 1.29 is 47.4 Å². The fourth-order valence-corrected chi connectivity index (χ4v) is 3.51. The highest BCUT2D eigenvalue weighted by molar-refractivity contribution is 5.89. The Hall–Kier alpha value is -1.67. The van der Waals surface area contributed by atoms with Gasteiger partial charge in [-0.25, -0.2) is 4.79 Å². The molecule has 0 aromatic heterocycles. The Morgan fingerprint density at radius 2 is 0.949 bits per heavy atom. The van der Waals surface area contributed by atoms with Crippen LogP contribution in [0.15, 0.2) is 30.3 Å². The molecule has 0 amide bonds. The van der Waals surface area contributed by atoms with Crippen molar-refractivity contribution in [3.8, 4) is 0 Å². The fourth-order valence-electron chi connectivity index (χ4n) is 3.51. The number of benzene rings is 1. The lowest BCUT2D eigenvalue weighted by Crippen LogP contribution is -2.33. The van der Waals surface area contributed by atoms with Crippen LogP contribution < -0.4 is 5.32 Å². The van der Waals surface area contributed by atoms with Gasteiger partial charge in [0.2, 0.25) is 0 Å². The molecule has 11 nitrogen and oxygen atoms in total. The van der Waals surface area contributed by atoms with Gasteiger partial charge in [0.25, 0.3) is 0 Å².